The predicted molar refractivity (Wildman–Crippen MR) is 121 cm³/mol. The standard InChI is InChI=1S/C22H32N4O3S/c1-4-5-6-7-8-9-10-11-19(27)23-16(2)20(28)24-22-26-25-21(30-22)17-12-14-18(29-3)15-13-17/h12-16H,4-11H2,1-3H3,(H,23,27)(H,24,26,28). The van der Waals surface area contributed by atoms with E-state index in [4.69, 9.17) is 4.74 Å². The summed E-state index contributed by atoms with van der Waals surface area (Å²) in [5.41, 5.74) is 0.893. The summed E-state index contributed by atoms with van der Waals surface area (Å²) in [7, 11) is 1.61. The molecule has 8 heteroatoms. The fourth-order valence-electron chi connectivity index (χ4n) is 2.96. The number of hydrogen-bond acceptors (Lipinski definition) is 6. The fourth-order valence-corrected chi connectivity index (χ4v) is 3.71. The number of nitrogens with zero attached hydrogens (tertiary/aromatic N) is 2. The molecule has 0 aliphatic heterocycles. The fraction of sp³-hybridized carbons (Fsp3) is 0.545. The molecule has 2 N–H and O–H groups in total. The second-order valence-electron chi connectivity index (χ2n) is 7.29. The highest BCUT2D eigenvalue weighted by Crippen LogP contribution is 2.27. The van der Waals surface area contributed by atoms with Crippen LogP contribution in [-0.4, -0.2) is 35.2 Å². The van der Waals surface area contributed by atoms with Crippen molar-refractivity contribution in [2.24, 2.45) is 0 Å². The average Bonchev–Trinajstić information content (AvgIpc) is 3.21. The van der Waals surface area contributed by atoms with Gasteiger partial charge in [0.1, 0.15) is 16.8 Å². The van der Waals surface area contributed by atoms with E-state index >= 15 is 0 Å². The van der Waals surface area contributed by atoms with Gasteiger partial charge in [0.05, 0.1) is 7.11 Å². The molecule has 1 aromatic heterocycles. The third-order valence-corrected chi connectivity index (χ3v) is 5.66. The normalized spacial score (nSPS) is 11.7. The first kappa shape index (κ1) is 23.8. The second kappa shape index (κ2) is 13.0. The Morgan fingerprint density at radius 2 is 1.70 bits per heavy atom. The summed E-state index contributed by atoms with van der Waals surface area (Å²) in [5, 5.41) is 14.7. The van der Waals surface area contributed by atoms with Crippen LogP contribution in [0.3, 0.4) is 0 Å². The number of amides is 2. The number of ether oxygens (including phenoxy) is 1. The molecule has 7 nitrogen and oxygen atoms in total. The van der Waals surface area contributed by atoms with Crippen molar-refractivity contribution in [3.8, 4) is 16.3 Å². The van der Waals surface area contributed by atoms with Crippen LogP contribution in [0.4, 0.5) is 5.13 Å². The molecule has 2 amide bonds. The zero-order chi connectivity index (χ0) is 21.8. The predicted octanol–water partition coefficient (Wildman–Crippen LogP) is 4.80. The monoisotopic (exact) mass is 432 g/mol. The van der Waals surface area contributed by atoms with E-state index in [2.05, 4.69) is 27.8 Å². The maximum absolute atomic E-state index is 12.4. The highest BCUT2D eigenvalue weighted by Gasteiger charge is 2.17. The van der Waals surface area contributed by atoms with E-state index in [-0.39, 0.29) is 11.8 Å². The van der Waals surface area contributed by atoms with Crippen molar-refractivity contribution in [3.05, 3.63) is 24.3 Å². The molecule has 1 heterocycles. The van der Waals surface area contributed by atoms with Crippen molar-refractivity contribution in [2.75, 3.05) is 12.4 Å². The minimum atomic E-state index is -0.629. The van der Waals surface area contributed by atoms with Gasteiger partial charge in [-0.25, -0.2) is 0 Å². The molecule has 0 aliphatic rings. The first-order chi connectivity index (χ1) is 14.5. The molecule has 30 heavy (non-hydrogen) atoms. The molecule has 0 spiro atoms. The largest absolute Gasteiger partial charge is 0.497 e. The molecule has 0 bridgehead atoms. The molecule has 1 unspecified atom stereocenters. The third kappa shape index (κ3) is 8.10. The molecule has 2 rings (SSSR count). The Morgan fingerprint density at radius 1 is 1.03 bits per heavy atom. The molecular weight excluding hydrogens is 400 g/mol. The smallest absolute Gasteiger partial charge is 0.248 e. The molecule has 2 aromatic rings. The molecule has 1 atom stereocenters. The maximum Gasteiger partial charge on any atom is 0.248 e. The van der Waals surface area contributed by atoms with E-state index in [1.807, 2.05) is 24.3 Å². The molecule has 0 saturated carbocycles. The van der Waals surface area contributed by atoms with E-state index in [1.165, 1.54) is 37.0 Å². The van der Waals surface area contributed by atoms with Crippen molar-refractivity contribution in [3.63, 3.8) is 0 Å². The molecule has 1 aromatic carbocycles. The van der Waals surface area contributed by atoms with E-state index in [9.17, 15) is 9.59 Å². The lowest BCUT2D eigenvalue weighted by Gasteiger charge is -2.12. The summed E-state index contributed by atoms with van der Waals surface area (Å²) in [5.74, 6) is 0.362. The quantitative estimate of drug-likeness (QED) is 0.444. The number of hydrogen-bond donors (Lipinski definition) is 2. The number of carbonyl (C=O) groups excluding carboxylic acids is 2. The van der Waals surface area contributed by atoms with Gasteiger partial charge in [-0.2, -0.15) is 0 Å². The second-order valence-corrected chi connectivity index (χ2v) is 8.27. The summed E-state index contributed by atoms with van der Waals surface area (Å²) in [6.45, 7) is 3.87. The summed E-state index contributed by atoms with van der Waals surface area (Å²) < 4.78 is 5.15. The molecule has 0 aliphatic carbocycles. The van der Waals surface area contributed by atoms with Gasteiger partial charge >= 0.3 is 0 Å². The Balaban J connectivity index is 1.72. The van der Waals surface area contributed by atoms with Crippen LogP contribution >= 0.6 is 11.3 Å². The summed E-state index contributed by atoms with van der Waals surface area (Å²) >= 11 is 1.28. The van der Waals surface area contributed by atoms with Crippen LogP contribution in [0, 0.1) is 0 Å². The van der Waals surface area contributed by atoms with E-state index in [0.717, 1.165) is 30.6 Å². The summed E-state index contributed by atoms with van der Waals surface area (Å²) in [6.07, 6.45) is 8.54. The van der Waals surface area contributed by atoms with E-state index < -0.39 is 6.04 Å². The van der Waals surface area contributed by atoms with Crippen LogP contribution in [0.25, 0.3) is 10.6 Å². The minimum absolute atomic E-state index is 0.0950. The first-order valence-corrected chi connectivity index (χ1v) is 11.4. The molecular formula is C22H32N4O3S. The lowest BCUT2D eigenvalue weighted by molar-refractivity contribution is -0.126. The molecule has 0 saturated heterocycles. The van der Waals surface area contributed by atoms with Crippen molar-refractivity contribution < 1.29 is 14.3 Å². The molecule has 0 fully saturated rings. The van der Waals surface area contributed by atoms with Gasteiger partial charge in [-0.15, -0.1) is 10.2 Å². The SMILES string of the molecule is CCCCCCCCCC(=O)NC(C)C(=O)Nc1nnc(-c2ccc(OC)cc2)s1. The first-order valence-electron chi connectivity index (χ1n) is 10.6. The Hall–Kier alpha value is -2.48. The highest BCUT2D eigenvalue weighted by molar-refractivity contribution is 7.18. The summed E-state index contributed by atoms with van der Waals surface area (Å²) in [6, 6.07) is 6.83. The van der Waals surface area contributed by atoms with Crippen LogP contribution in [-0.2, 0) is 9.59 Å². The van der Waals surface area contributed by atoms with Crippen LogP contribution in [0.1, 0.15) is 65.2 Å². The van der Waals surface area contributed by atoms with Crippen molar-refractivity contribution in [2.45, 2.75) is 71.3 Å². The Bertz CT molecular complexity index is 792. The lowest BCUT2D eigenvalue weighted by Crippen LogP contribution is -2.41. The number of carbonyl (C=O) groups is 2. The number of methoxy groups -OCH3 is 1. The molecule has 0 radical (unpaired) electrons. The van der Waals surface area contributed by atoms with Crippen LogP contribution in [0.2, 0.25) is 0 Å². The zero-order valence-electron chi connectivity index (χ0n) is 18.1. The lowest BCUT2D eigenvalue weighted by atomic mass is 10.1. The highest BCUT2D eigenvalue weighted by atomic mass is 32.1. The van der Waals surface area contributed by atoms with Gasteiger partial charge in [0.2, 0.25) is 16.9 Å². The van der Waals surface area contributed by atoms with Crippen molar-refractivity contribution in [1.82, 2.24) is 15.5 Å². The average molecular weight is 433 g/mol. The van der Waals surface area contributed by atoms with Crippen molar-refractivity contribution in [1.29, 1.82) is 0 Å². The topological polar surface area (TPSA) is 93.2 Å². The number of benzene rings is 1. The number of anilines is 1. The van der Waals surface area contributed by atoms with Crippen LogP contribution in [0.5, 0.6) is 5.75 Å². The van der Waals surface area contributed by atoms with Gasteiger partial charge < -0.3 is 10.1 Å². The Labute approximate surface area is 182 Å². The number of aromatic nitrogens is 2. The third-order valence-electron chi connectivity index (χ3n) is 4.77. The van der Waals surface area contributed by atoms with E-state index in [0.29, 0.717) is 16.6 Å². The van der Waals surface area contributed by atoms with Gasteiger partial charge in [0.25, 0.3) is 0 Å². The number of rotatable bonds is 13. The molecule has 164 valence electrons. The van der Waals surface area contributed by atoms with Gasteiger partial charge in [0.15, 0.2) is 0 Å². The maximum atomic E-state index is 12.4. The minimum Gasteiger partial charge on any atom is -0.497 e. The summed E-state index contributed by atoms with van der Waals surface area (Å²) in [4.78, 5) is 24.4. The Morgan fingerprint density at radius 3 is 2.37 bits per heavy atom. The van der Waals surface area contributed by atoms with Gasteiger partial charge in [-0.1, -0.05) is 56.8 Å². The number of nitrogens with one attached hydrogen (secondary N) is 2. The van der Waals surface area contributed by atoms with Crippen LogP contribution in [0.15, 0.2) is 24.3 Å². The zero-order valence-corrected chi connectivity index (χ0v) is 18.9. The number of unbranched alkanes of at least 4 members (excludes halogenated alkanes) is 6. The van der Waals surface area contributed by atoms with E-state index in [1.54, 1.807) is 14.0 Å². The van der Waals surface area contributed by atoms with Gasteiger partial charge in [-0.3, -0.25) is 14.9 Å². The van der Waals surface area contributed by atoms with Gasteiger partial charge in [0, 0.05) is 12.0 Å². The Kier molecular flexibility index (Phi) is 10.3. The van der Waals surface area contributed by atoms with Crippen molar-refractivity contribution >= 4 is 28.3 Å². The van der Waals surface area contributed by atoms with Gasteiger partial charge in [-0.05, 0) is 37.6 Å². The van der Waals surface area contributed by atoms with Crippen LogP contribution < -0.4 is 15.4 Å².